The third kappa shape index (κ3) is 3.44. The van der Waals surface area contributed by atoms with Crippen LogP contribution in [0, 0.1) is 0 Å². The maximum Gasteiger partial charge on any atom is 0.269 e. The lowest BCUT2D eigenvalue weighted by Crippen LogP contribution is -2.40. The van der Waals surface area contributed by atoms with Gasteiger partial charge in [-0.25, -0.2) is 0 Å². The van der Waals surface area contributed by atoms with Crippen LogP contribution in [0.2, 0.25) is 0 Å². The van der Waals surface area contributed by atoms with Crippen molar-refractivity contribution in [1.82, 2.24) is 0 Å². The molecule has 2 aliphatic rings. The lowest BCUT2D eigenvalue weighted by Gasteiger charge is -2.25. The normalized spacial score (nSPS) is 16.5. The molecule has 1 N–H and O–H groups in total. The van der Waals surface area contributed by atoms with Crippen LogP contribution >= 0.6 is 0 Å². The summed E-state index contributed by atoms with van der Waals surface area (Å²) in [6, 6.07) is 19.6. The highest BCUT2D eigenvalue weighted by Crippen LogP contribution is 2.39. The Hall–Kier alpha value is -4.00. The van der Waals surface area contributed by atoms with Crippen molar-refractivity contribution in [2.45, 2.75) is 13.0 Å². The molecule has 3 aromatic rings. The summed E-state index contributed by atoms with van der Waals surface area (Å²) in [6.45, 7) is 2.50. The van der Waals surface area contributed by atoms with E-state index in [1.165, 1.54) is 0 Å². The Kier molecular flexibility index (Phi) is 4.71. The predicted octanol–water partition coefficient (Wildman–Crippen LogP) is 4.24. The lowest BCUT2D eigenvalue weighted by molar-refractivity contribution is -0.125. The van der Waals surface area contributed by atoms with Crippen molar-refractivity contribution < 1.29 is 23.8 Å². The van der Waals surface area contributed by atoms with Crippen LogP contribution in [-0.2, 0) is 4.79 Å². The van der Waals surface area contributed by atoms with Gasteiger partial charge in [0.15, 0.2) is 17.2 Å². The summed E-state index contributed by atoms with van der Waals surface area (Å²) in [6.07, 6.45) is -0.794. The molecule has 5 rings (SSSR count). The number of ether oxygens (including phenoxy) is 3. The molecule has 7 heteroatoms. The Bertz CT molecular complexity index is 1180. The number of hydrogen-bond donors (Lipinski definition) is 1. The van der Waals surface area contributed by atoms with Gasteiger partial charge in [0.05, 0.1) is 11.3 Å². The number of carbonyl (C=O) groups excluding carboxylic acids is 2. The van der Waals surface area contributed by atoms with Gasteiger partial charge in [-0.3, -0.25) is 9.59 Å². The third-order valence-corrected chi connectivity index (χ3v) is 5.22. The molecule has 0 saturated heterocycles. The van der Waals surface area contributed by atoms with Gasteiger partial charge in [0.2, 0.25) is 6.10 Å². The first-order valence-corrected chi connectivity index (χ1v) is 10.1. The van der Waals surface area contributed by atoms with Crippen LogP contribution < -0.4 is 24.4 Å². The SMILES string of the molecule is CCN1C(=O)c2cc(NC(=O)C3COc4ccccc4O3)ccc2Oc2ccccc21. The van der Waals surface area contributed by atoms with E-state index in [1.54, 1.807) is 35.2 Å². The average Bonchev–Trinajstić information content (AvgIpc) is 2.92. The molecule has 0 radical (unpaired) electrons. The second kappa shape index (κ2) is 7.68. The van der Waals surface area contributed by atoms with Crippen molar-refractivity contribution in [2.75, 3.05) is 23.4 Å². The number of nitrogens with zero attached hydrogens (tertiary/aromatic N) is 1. The highest BCUT2D eigenvalue weighted by atomic mass is 16.6. The number of amides is 2. The summed E-state index contributed by atoms with van der Waals surface area (Å²) in [5.74, 6) is 1.64. The number of rotatable bonds is 3. The fourth-order valence-corrected chi connectivity index (χ4v) is 3.69. The van der Waals surface area contributed by atoms with E-state index in [-0.39, 0.29) is 18.4 Å². The largest absolute Gasteiger partial charge is 0.485 e. The molecule has 0 bridgehead atoms. The quantitative estimate of drug-likeness (QED) is 0.691. The highest BCUT2D eigenvalue weighted by molar-refractivity contribution is 6.10. The van der Waals surface area contributed by atoms with E-state index < -0.39 is 6.10 Å². The van der Waals surface area contributed by atoms with Gasteiger partial charge in [-0.2, -0.15) is 0 Å². The molecule has 0 saturated carbocycles. The molecule has 0 aromatic heterocycles. The van der Waals surface area contributed by atoms with Crippen LogP contribution in [0.3, 0.4) is 0 Å². The van der Waals surface area contributed by atoms with Crippen LogP contribution in [0.15, 0.2) is 66.7 Å². The van der Waals surface area contributed by atoms with Crippen LogP contribution in [0.5, 0.6) is 23.0 Å². The van der Waals surface area contributed by atoms with Gasteiger partial charge in [-0.1, -0.05) is 24.3 Å². The van der Waals surface area contributed by atoms with E-state index in [0.29, 0.717) is 46.5 Å². The topological polar surface area (TPSA) is 77.1 Å². The first kappa shape index (κ1) is 19.0. The minimum absolute atomic E-state index is 0.106. The van der Waals surface area contributed by atoms with Crippen molar-refractivity contribution in [3.63, 3.8) is 0 Å². The number of para-hydroxylation sites is 4. The molecule has 1 atom stereocenters. The zero-order valence-electron chi connectivity index (χ0n) is 16.8. The second-order valence-corrected chi connectivity index (χ2v) is 7.18. The number of carbonyl (C=O) groups is 2. The molecule has 1 unspecified atom stereocenters. The molecule has 0 aliphatic carbocycles. The smallest absolute Gasteiger partial charge is 0.269 e. The van der Waals surface area contributed by atoms with E-state index in [2.05, 4.69) is 5.32 Å². The van der Waals surface area contributed by atoms with E-state index in [0.717, 1.165) is 0 Å². The minimum Gasteiger partial charge on any atom is -0.485 e. The highest BCUT2D eigenvalue weighted by Gasteiger charge is 2.30. The van der Waals surface area contributed by atoms with Crippen molar-refractivity contribution >= 4 is 23.2 Å². The summed E-state index contributed by atoms with van der Waals surface area (Å²) in [4.78, 5) is 27.6. The fraction of sp³-hybridized carbons (Fsp3) is 0.167. The van der Waals surface area contributed by atoms with Gasteiger partial charge < -0.3 is 24.4 Å². The molecule has 2 heterocycles. The molecule has 3 aromatic carbocycles. The molecule has 0 spiro atoms. The first-order chi connectivity index (χ1) is 15.1. The predicted molar refractivity (Wildman–Crippen MR) is 115 cm³/mol. The van der Waals surface area contributed by atoms with E-state index in [9.17, 15) is 9.59 Å². The summed E-state index contributed by atoms with van der Waals surface area (Å²) in [7, 11) is 0. The first-order valence-electron chi connectivity index (χ1n) is 10.1. The number of benzene rings is 3. The maximum atomic E-state index is 13.2. The Labute approximate surface area is 179 Å². The zero-order valence-corrected chi connectivity index (χ0v) is 16.8. The summed E-state index contributed by atoms with van der Waals surface area (Å²) < 4.78 is 17.4. The summed E-state index contributed by atoms with van der Waals surface area (Å²) >= 11 is 0. The van der Waals surface area contributed by atoms with Crippen molar-refractivity contribution in [1.29, 1.82) is 0 Å². The number of nitrogens with one attached hydrogen (secondary N) is 1. The Morgan fingerprint density at radius 3 is 2.55 bits per heavy atom. The molecular formula is C24H20N2O5. The Balaban J connectivity index is 1.39. The van der Waals surface area contributed by atoms with Gasteiger partial charge in [-0.15, -0.1) is 0 Å². The molecule has 31 heavy (non-hydrogen) atoms. The number of hydrogen-bond acceptors (Lipinski definition) is 5. The summed E-state index contributed by atoms with van der Waals surface area (Å²) in [5, 5.41) is 2.82. The van der Waals surface area contributed by atoms with Gasteiger partial charge in [-0.05, 0) is 49.4 Å². The van der Waals surface area contributed by atoms with Gasteiger partial charge >= 0.3 is 0 Å². The molecular weight excluding hydrogens is 396 g/mol. The van der Waals surface area contributed by atoms with Gasteiger partial charge in [0, 0.05) is 12.2 Å². The second-order valence-electron chi connectivity index (χ2n) is 7.18. The lowest BCUT2D eigenvalue weighted by atomic mass is 10.1. The molecule has 2 amide bonds. The van der Waals surface area contributed by atoms with Crippen molar-refractivity contribution in [2.24, 2.45) is 0 Å². The van der Waals surface area contributed by atoms with Crippen molar-refractivity contribution in [3.05, 3.63) is 72.3 Å². The Morgan fingerprint density at radius 1 is 1.00 bits per heavy atom. The van der Waals surface area contributed by atoms with Crippen LogP contribution in [0.4, 0.5) is 11.4 Å². The monoisotopic (exact) mass is 416 g/mol. The maximum absolute atomic E-state index is 13.2. The average molecular weight is 416 g/mol. The van der Waals surface area contributed by atoms with Crippen LogP contribution in [0.1, 0.15) is 17.3 Å². The summed E-state index contributed by atoms with van der Waals surface area (Å²) in [5.41, 5.74) is 1.57. The van der Waals surface area contributed by atoms with Crippen molar-refractivity contribution in [3.8, 4) is 23.0 Å². The molecule has 0 fully saturated rings. The minimum atomic E-state index is -0.794. The van der Waals surface area contributed by atoms with E-state index in [4.69, 9.17) is 14.2 Å². The van der Waals surface area contributed by atoms with Crippen LogP contribution in [0.25, 0.3) is 0 Å². The van der Waals surface area contributed by atoms with Crippen LogP contribution in [-0.4, -0.2) is 31.1 Å². The molecule has 2 aliphatic heterocycles. The molecule has 156 valence electrons. The third-order valence-electron chi connectivity index (χ3n) is 5.22. The number of fused-ring (bicyclic) bond motifs is 3. The van der Waals surface area contributed by atoms with E-state index >= 15 is 0 Å². The molecule has 7 nitrogen and oxygen atoms in total. The van der Waals surface area contributed by atoms with Gasteiger partial charge in [0.25, 0.3) is 11.8 Å². The number of anilines is 2. The van der Waals surface area contributed by atoms with E-state index in [1.807, 2.05) is 43.3 Å². The fourth-order valence-electron chi connectivity index (χ4n) is 3.69. The standard InChI is InChI=1S/C24H20N2O5/c1-2-26-17-7-3-4-8-19(17)30-18-12-11-15(13-16(18)24(26)28)25-23(27)22-14-29-20-9-5-6-10-21(20)31-22/h3-13,22H,2,14H2,1H3,(H,25,27). The zero-order chi connectivity index (χ0) is 21.4. The Morgan fingerprint density at radius 2 is 1.74 bits per heavy atom. The van der Waals surface area contributed by atoms with Gasteiger partial charge in [0.1, 0.15) is 12.4 Å².